The van der Waals surface area contributed by atoms with Gasteiger partial charge in [-0.25, -0.2) is 0 Å². The van der Waals surface area contributed by atoms with Gasteiger partial charge in [0.1, 0.15) is 5.75 Å². The molecule has 0 atom stereocenters. The molecule has 3 nitrogen and oxygen atoms in total. The second-order valence-corrected chi connectivity index (χ2v) is 4.55. The number of aromatic hydroxyl groups is 1. The van der Waals surface area contributed by atoms with Gasteiger partial charge in [0, 0.05) is 17.1 Å². The zero-order valence-electron chi connectivity index (χ0n) is 10.5. The van der Waals surface area contributed by atoms with Crippen molar-refractivity contribution in [1.29, 1.82) is 0 Å². The van der Waals surface area contributed by atoms with Crippen molar-refractivity contribution in [2.24, 2.45) is 0 Å². The molecule has 2 aromatic carbocycles. The first-order valence-corrected chi connectivity index (χ1v) is 6.07. The van der Waals surface area contributed by atoms with Gasteiger partial charge in [-0.1, -0.05) is 18.2 Å². The quantitative estimate of drug-likeness (QED) is 0.720. The summed E-state index contributed by atoms with van der Waals surface area (Å²) in [7, 11) is 0. The van der Waals surface area contributed by atoms with Crippen LogP contribution in [0, 0.1) is 6.92 Å². The van der Waals surface area contributed by atoms with E-state index in [-0.39, 0.29) is 11.7 Å². The van der Waals surface area contributed by atoms with Crippen LogP contribution in [0.5, 0.6) is 5.75 Å². The molecule has 1 aromatic heterocycles. The molecule has 1 heterocycles. The van der Waals surface area contributed by atoms with Gasteiger partial charge in [0.2, 0.25) is 0 Å². The van der Waals surface area contributed by atoms with Gasteiger partial charge in [0.25, 0.3) is 5.91 Å². The zero-order chi connectivity index (χ0) is 13.4. The fraction of sp³-hybridized carbons (Fsp3) is 0.0625. The van der Waals surface area contributed by atoms with E-state index in [0.717, 1.165) is 16.5 Å². The molecular weight excluding hydrogens is 238 g/mol. The molecule has 0 saturated heterocycles. The highest BCUT2D eigenvalue weighted by Gasteiger charge is 2.13. The molecule has 0 spiro atoms. The van der Waals surface area contributed by atoms with Crippen LogP contribution in [0.3, 0.4) is 0 Å². The Hall–Kier alpha value is -2.55. The molecular formula is C16H13NO2. The predicted octanol–water partition coefficient (Wildman–Crippen LogP) is 3.34. The third kappa shape index (κ3) is 1.89. The maximum atomic E-state index is 12.5. The van der Waals surface area contributed by atoms with Gasteiger partial charge in [-0.15, -0.1) is 0 Å². The van der Waals surface area contributed by atoms with E-state index < -0.39 is 0 Å². The minimum atomic E-state index is -0.0932. The molecule has 0 saturated carbocycles. The van der Waals surface area contributed by atoms with Crippen LogP contribution in [0.25, 0.3) is 10.9 Å². The number of benzene rings is 2. The second kappa shape index (κ2) is 4.28. The molecule has 19 heavy (non-hydrogen) atoms. The van der Waals surface area contributed by atoms with Crippen LogP contribution >= 0.6 is 0 Å². The minimum Gasteiger partial charge on any atom is -0.508 e. The van der Waals surface area contributed by atoms with E-state index in [1.54, 1.807) is 16.7 Å². The lowest BCUT2D eigenvalue weighted by Gasteiger charge is -2.04. The third-order valence-corrected chi connectivity index (χ3v) is 3.24. The Morgan fingerprint density at radius 3 is 2.47 bits per heavy atom. The summed E-state index contributed by atoms with van der Waals surface area (Å²) in [4.78, 5) is 12.5. The maximum Gasteiger partial charge on any atom is 0.262 e. The van der Waals surface area contributed by atoms with Gasteiger partial charge in [-0.05, 0) is 42.8 Å². The molecule has 0 aliphatic carbocycles. The number of carbonyl (C=O) groups is 1. The number of carbonyl (C=O) groups excluding carboxylic acids is 1. The number of phenolic OH excluding ortho intramolecular Hbond substituents is 1. The van der Waals surface area contributed by atoms with Crippen LogP contribution in [0.4, 0.5) is 0 Å². The van der Waals surface area contributed by atoms with Crippen molar-refractivity contribution in [2.75, 3.05) is 0 Å². The van der Waals surface area contributed by atoms with Gasteiger partial charge in [-0.3, -0.25) is 9.36 Å². The lowest BCUT2D eigenvalue weighted by molar-refractivity contribution is 0.0965. The van der Waals surface area contributed by atoms with Crippen molar-refractivity contribution in [2.45, 2.75) is 6.92 Å². The Morgan fingerprint density at radius 2 is 1.74 bits per heavy atom. The first kappa shape index (κ1) is 11.5. The van der Waals surface area contributed by atoms with Crippen LogP contribution in [-0.4, -0.2) is 15.6 Å². The molecule has 0 fully saturated rings. The first-order chi connectivity index (χ1) is 9.16. The summed E-state index contributed by atoms with van der Waals surface area (Å²) in [6, 6.07) is 14.1. The minimum absolute atomic E-state index is 0.0932. The van der Waals surface area contributed by atoms with Crippen molar-refractivity contribution >= 4 is 16.8 Å². The smallest absolute Gasteiger partial charge is 0.262 e. The number of para-hydroxylation sites is 1. The topological polar surface area (TPSA) is 42.2 Å². The molecule has 1 N–H and O–H groups in total. The molecule has 3 aromatic rings. The van der Waals surface area contributed by atoms with Gasteiger partial charge < -0.3 is 5.11 Å². The Kier molecular flexibility index (Phi) is 2.60. The summed E-state index contributed by atoms with van der Waals surface area (Å²) in [5, 5.41) is 10.3. The van der Waals surface area contributed by atoms with Gasteiger partial charge in [-0.2, -0.15) is 0 Å². The number of nitrogens with zero attached hydrogens (tertiary/aromatic N) is 1. The van der Waals surface area contributed by atoms with Crippen LogP contribution in [0.15, 0.2) is 54.7 Å². The van der Waals surface area contributed by atoms with E-state index in [9.17, 15) is 9.90 Å². The Morgan fingerprint density at radius 1 is 1.05 bits per heavy atom. The van der Waals surface area contributed by atoms with Crippen LogP contribution in [0.1, 0.15) is 15.9 Å². The van der Waals surface area contributed by atoms with Crippen LogP contribution in [0.2, 0.25) is 0 Å². The Balaban J connectivity index is 2.14. The number of phenols is 1. The van der Waals surface area contributed by atoms with Crippen LogP contribution < -0.4 is 0 Å². The molecule has 0 bridgehead atoms. The fourth-order valence-electron chi connectivity index (χ4n) is 2.26. The molecule has 0 aliphatic rings. The highest BCUT2D eigenvalue weighted by atomic mass is 16.3. The number of fused-ring (bicyclic) bond motifs is 1. The highest BCUT2D eigenvalue weighted by Crippen LogP contribution is 2.22. The molecule has 0 unspecified atom stereocenters. The van der Waals surface area contributed by atoms with Gasteiger partial charge >= 0.3 is 0 Å². The number of aromatic nitrogens is 1. The second-order valence-electron chi connectivity index (χ2n) is 4.55. The molecule has 3 heteroatoms. The zero-order valence-corrected chi connectivity index (χ0v) is 10.5. The Bertz CT molecular complexity index is 754. The summed E-state index contributed by atoms with van der Waals surface area (Å²) in [6.07, 6.45) is 1.85. The number of hydrogen-bond donors (Lipinski definition) is 1. The van der Waals surface area contributed by atoms with E-state index >= 15 is 0 Å². The van der Waals surface area contributed by atoms with Crippen molar-refractivity contribution in [3.63, 3.8) is 0 Å². The van der Waals surface area contributed by atoms with Gasteiger partial charge in [0.05, 0.1) is 5.52 Å². The lowest BCUT2D eigenvalue weighted by Crippen LogP contribution is -2.10. The highest BCUT2D eigenvalue weighted by molar-refractivity contribution is 6.02. The summed E-state index contributed by atoms with van der Waals surface area (Å²) >= 11 is 0. The summed E-state index contributed by atoms with van der Waals surface area (Å²) in [5.41, 5.74) is 2.53. The average molecular weight is 251 g/mol. The fourth-order valence-corrected chi connectivity index (χ4v) is 2.26. The SMILES string of the molecule is Cc1cn(C(=O)c2ccc(O)cc2)c2ccccc12. The molecule has 0 aliphatic heterocycles. The lowest BCUT2D eigenvalue weighted by atomic mass is 10.2. The number of hydrogen-bond acceptors (Lipinski definition) is 2. The van der Waals surface area contributed by atoms with Gasteiger partial charge in [0.15, 0.2) is 0 Å². The summed E-state index contributed by atoms with van der Waals surface area (Å²) in [5.74, 6) is 0.0643. The molecule has 94 valence electrons. The molecule has 0 radical (unpaired) electrons. The normalized spacial score (nSPS) is 10.8. The third-order valence-electron chi connectivity index (χ3n) is 3.24. The summed E-state index contributed by atoms with van der Waals surface area (Å²) < 4.78 is 1.65. The largest absolute Gasteiger partial charge is 0.508 e. The molecule has 3 rings (SSSR count). The van der Waals surface area contributed by atoms with Crippen molar-refractivity contribution in [3.05, 3.63) is 65.9 Å². The van der Waals surface area contributed by atoms with E-state index in [4.69, 9.17) is 0 Å². The monoisotopic (exact) mass is 251 g/mol. The van der Waals surface area contributed by atoms with Crippen LogP contribution in [-0.2, 0) is 0 Å². The number of rotatable bonds is 1. The summed E-state index contributed by atoms with van der Waals surface area (Å²) in [6.45, 7) is 1.99. The van der Waals surface area contributed by atoms with E-state index in [1.807, 2.05) is 37.4 Å². The van der Waals surface area contributed by atoms with E-state index in [0.29, 0.717) is 5.56 Å². The van der Waals surface area contributed by atoms with Crippen molar-refractivity contribution in [1.82, 2.24) is 4.57 Å². The standard InChI is InChI=1S/C16H13NO2/c1-11-10-17(15-5-3-2-4-14(11)15)16(19)12-6-8-13(18)9-7-12/h2-10,18H,1H3. The Labute approximate surface area is 110 Å². The number of aryl methyl sites for hydroxylation is 1. The predicted molar refractivity (Wildman–Crippen MR) is 74.5 cm³/mol. The average Bonchev–Trinajstić information content (AvgIpc) is 2.77. The molecule has 0 amide bonds. The van der Waals surface area contributed by atoms with Crippen molar-refractivity contribution < 1.29 is 9.90 Å². The van der Waals surface area contributed by atoms with Crippen molar-refractivity contribution in [3.8, 4) is 5.75 Å². The van der Waals surface area contributed by atoms with E-state index in [2.05, 4.69) is 0 Å². The van der Waals surface area contributed by atoms with E-state index in [1.165, 1.54) is 12.1 Å². The maximum absolute atomic E-state index is 12.5. The first-order valence-electron chi connectivity index (χ1n) is 6.07.